The van der Waals surface area contributed by atoms with E-state index in [9.17, 15) is 14.4 Å². The van der Waals surface area contributed by atoms with Gasteiger partial charge in [0.15, 0.2) is 0 Å². The van der Waals surface area contributed by atoms with Crippen LogP contribution in [0, 0.1) is 6.92 Å². The second kappa shape index (κ2) is 5.74. The van der Waals surface area contributed by atoms with Gasteiger partial charge >= 0.3 is 11.9 Å². The largest absolute Gasteiger partial charge is 0.481 e. The van der Waals surface area contributed by atoms with Crippen LogP contribution >= 0.6 is 0 Å². The summed E-state index contributed by atoms with van der Waals surface area (Å²) in [5.41, 5.74) is 0.498. The predicted molar refractivity (Wildman–Crippen MR) is 74.1 cm³/mol. The molecule has 1 heterocycles. The van der Waals surface area contributed by atoms with Gasteiger partial charge in [0.25, 0.3) is 5.56 Å². The number of hydrogen-bond donors (Lipinski definition) is 1. The van der Waals surface area contributed by atoms with Crippen molar-refractivity contribution in [2.24, 2.45) is 0 Å². The number of aliphatic carboxylic acids is 1. The number of aryl methyl sites for hydroxylation is 1. The van der Waals surface area contributed by atoms with Gasteiger partial charge in [0.1, 0.15) is 6.54 Å². The summed E-state index contributed by atoms with van der Waals surface area (Å²) in [6, 6.07) is 5.13. The van der Waals surface area contributed by atoms with E-state index in [1.165, 1.54) is 7.11 Å². The molecule has 110 valence electrons. The molecule has 0 spiro atoms. The lowest BCUT2D eigenvalue weighted by Crippen LogP contribution is -2.29. The van der Waals surface area contributed by atoms with Crippen molar-refractivity contribution in [3.8, 4) is 0 Å². The topological polar surface area (TPSA) is 98.5 Å². The van der Waals surface area contributed by atoms with Gasteiger partial charge in [-0.25, -0.2) is 4.68 Å². The maximum absolute atomic E-state index is 12.4. The number of benzene rings is 1. The molecule has 1 N–H and O–H groups in total. The first-order valence-corrected chi connectivity index (χ1v) is 6.22. The van der Waals surface area contributed by atoms with Gasteiger partial charge in [-0.3, -0.25) is 14.4 Å². The molecule has 21 heavy (non-hydrogen) atoms. The van der Waals surface area contributed by atoms with E-state index in [4.69, 9.17) is 5.11 Å². The molecule has 0 aliphatic heterocycles. The summed E-state index contributed by atoms with van der Waals surface area (Å²) in [6.07, 6.45) is -0.332. The zero-order chi connectivity index (χ0) is 15.6. The molecule has 0 fully saturated rings. The third-order valence-electron chi connectivity index (χ3n) is 3.10. The number of nitrogens with zero attached hydrogens (tertiary/aromatic N) is 2. The normalized spacial score (nSPS) is 10.6. The van der Waals surface area contributed by atoms with Crippen LogP contribution in [0.3, 0.4) is 0 Å². The van der Waals surface area contributed by atoms with Gasteiger partial charge in [-0.05, 0) is 12.5 Å². The Hall–Kier alpha value is -2.70. The van der Waals surface area contributed by atoms with Gasteiger partial charge in [0.2, 0.25) is 0 Å². The summed E-state index contributed by atoms with van der Waals surface area (Å²) < 4.78 is 5.46. The highest BCUT2D eigenvalue weighted by molar-refractivity contribution is 5.89. The number of esters is 1. The number of carboxylic acid groups (broad SMARTS) is 1. The van der Waals surface area contributed by atoms with Crippen LogP contribution in [0.15, 0.2) is 23.0 Å². The number of aromatic nitrogens is 2. The highest BCUT2D eigenvalue weighted by atomic mass is 16.5. The maximum atomic E-state index is 12.4. The van der Waals surface area contributed by atoms with Crippen molar-refractivity contribution in [3.05, 3.63) is 39.8 Å². The number of rotatable bonds is 4. The molecule has 0 saturated heterocycles. The Bertz CT molecular complexity index is 779. The van der Waals surface area contributed by atoms with E-state index in [2.05, 4.69) is 9.84 Å². The zero-order valence-electron chi connectivity index (χ0n) is 11.6. The summed E-state index contributed by atoms with van der Waals surface area (Å²) in [4.78, 5) is 34.7. The lowest BCUT2D eigenvalue weighted by Gasteiger charge is -2.10. The standard InChI is InChI=1S/C14H14N2O5/c1-8-4-3-5-9-10(6-11(17)18)15-16(7-12(19)21-2)14(20)13(8)9/h3-5H,6-7H2,1-2H3,(H,17,18). The first kappa shape index (κ1) is 14.7. The molecule has 7 heteroatoms. The molecule has 2 rings (SSSR count). The van der Waals surface area contributed by atoms with Crippen LogP contribution in [0.4, 0.5) is 0 Å². The van der Waals surface area contributed by atoms with Crippen molar-refractivity contribution in [2.75, 3.05) is 7.11 Å². The first-order chi connectivity index (χ1) is 9.93. The first-order valence-electron chi connectivity index (χ1n) is 6.22. The molecular weight excluding hydrogens is 276 g/mol. The molecule has 0 unspecified atom stereocenters. The Balaban J connectivity index is 2.73. The summed E-state index contributed by atoms with van der Waals surface area (Å²) in [6.45, 7) is 1.39. The highest BCUT2D eigenvalue weighted by Gasteiger charge is 2.16. The minimum atomic E-state index is -1.06. The summed E-state index contributed by atoms with van der Waals surface area (Å²) >= 11 is 0. The Morgan fingerprint density at radius 1 is 1.38 bits per heavy atom. The van der Waals surface area contributed by atoms with Crippen molar-refractivity contribution in [1.29, 1.82) is 0 Å². The number of carbonyl (C=O) groups excluding carboxylic acids is 1. The third-order valence-corrected chi connectivity index (χ3v) is 3.10. The van der Waals surface area contributed by atoms with Crippen molar-refractivity contribution in [1.82, 2.24) is 9.78 Å². The molecular formula is C14H14N2O5. The molecule has 0 atom stereocenters. The Labute approximate surface area is 119 Å². The van der Waals surface area contributed by atoms with Gasteiger partial charge in [0.05, 0.1) is 24.6 Å². The van der Waals surface area contributed by atoms with Crippen LogP contribution in [-0.4, -0.2) is 33.9 Å². The molecule has 0 radical (unpaired) electrons. The van der Waals surface area contributed by atoms with Crippen LogP contribution in [0.25, 0.3) is 10.8 Å². The number of fused-ring (bicyclic) bond motifs is 1. The fourth-order valence-electron chi connectivity index (χ4n) is 2.13. The lowest BCUT2D eigenvalue weighted by atomic mass is 10.0. The summed E-state index contributed by atoms with van der Waals surface area (Å²) in [5, 5.41) is 13.8. The van der Waals surface area contributed by atoms with Gasteiger partial charge in [-0.2, -0.15) is 5.10 Å². The number of methoxy groups -OCH3 is 1. The Kier molecular flexibility index (Phi) is 4.02. The molecule has 0 aliphatic carbocycles. The fraction of sp³-hybridized carbons (Fsp3) is 0.286. The van der Waals surface area contributed by atoms with E-state index >= 15 is 0 Å². The quantitative estimate of drug-likeness (QED) is 0.823. The average Bonchev–Trinajstić information content (AvgIpc) is 2.43. The summed E-state index contributed by atoms with van der Waals surface area (Å²) in [5.74, 6) is -1.69. The van der Waals surface area contributed by atoms with E-state index in [0.29, 0.717) is 16.3 Å². The number of ether oxygens (including phenoxy) is 1. The highest BCUT2D eigenvalue weighted by Crippen LogP contribution is 2.17. The predicted octanol–water partition coefficient (Wildman–Crippen LogP) is 0.505. The van der Waals surface area contributed by atoms with Crippen molar-refractivity contribution >= 4 is 22.7 Å². The zero-order valence-corrected chi connectivity index (χ0v) is 11.6. The number of carboxylic acids is 1. The smallest absolute Gasteiger partial charge is 0.327 e. The van der Waals surface area contributed by atoms with E-state index < -0.39 is 17.5 Å². The van der Waals surface area contributed by atoms with Crippen molar-refractivity contribution in [2.45, 2.75) is 19.9 Å². The van der Waals surface area contributed by atoms with Gasteiger partial charge < -0.3 is 9.84 Å². The van der Waals surface area contributed by atoms with Crippen LogP contribution in [0.1, 0.15) is 11.3 Å². The van der Waals surface area contributed by atoms with Gasteiger partial charge in [-0.15, -0.1) is 0 Å². The van der Waals surface area contributed by atoms with Gasteiger partial charge in [-0.1, -0.05) is 18.2 Å². The Morgan fingerprint density at radius 2 is 2.10 bits per heavy atom. The molecule has 0 saturated carbocycles. The SMILES string of the molecule is COC(=O)Cn1nc(CC(=O)O)c2cccc(C)c2c1=O. The number of carbonyl (C=O) groups is 2. The molecule has 0 amide bonds. The molecule has 1 aromatic carbocycles. The average molecular weight is 290 g/mol. The minimum Gasteiger partial charge on any atom is -0.481 e. The fourth-order valence-corrected chi connectivity index (χ4v) is 2.13. The molecule has 2 aromatic rings. The van der Waals surface area contributed by atoms with E-state index in [0.717, 1.165) is 4.68 Å². The van der Waals surface area contributed by atoms with Crippen LogP contribution < -0.4 is 5.56 Å². The van der Waals surface area contributed by atoms with Crippen LogP contribution in [0.2, 0.25) is 0 Å². The molecule has 0 bridgehead atoms. The lowest BCUT2D eigenvalue weighted by molar-refractivity contribution is -0.141. The third kappa shape index (κ3) is 2.91. The van der Waals surface area contributed by atoms with E-state index in [1.54, 1.807) is 25.1 Å². The van der Waals surface area contributed by atoms with Gasteiger partial charge in [0, 0.05) is 5.39 Å². The second-order valence-electron chi connectivity index (χ2n) is 4.55. The van der Waals surface area contributed by atoms with Crippen molar-refractivity contribution < 1.29 is 19.4 Å². The monoisotopic (exact) mass is 290 g/mol. The minimum absolute atomic E-state index is 0.240. The second-order valence-corrected chi connectivity index (χ2v) is 4.55. The van der Waals surface area contributed by atoms with Crippen LogP contribution in [0.5, 0.6) is 0 Å². The van der Waals surface area contributed by atoms with E-state index in [-0.39, 0.29) is 18.7 Å². The van der Waals surface area contributed by atoms with Crippen molar-refractivity contribution in [3.63, 3.8) is 0 Å². The molecule has 1 aromatic heterocycles. The maximum Gasteiger partial charge on any atom is 0.327 e. The molecule has 0 aliphatic rings. The summed E-state index contributed by atoms with van der Waals surface area (Å²) in [7, 11) is 1.21. The van der Waals surface area contributed by atoms with Crippen LogP contribution in [-0.2, 0) is 27.3 Å². The van der Waals surface area contributed by atoms with E-state index in [1.807, 2.05) is 0 Å². The molecule has 7 nitrogen and oxygen atoms in total. The number of hydrogen-bond acceptors (Lipinski definition) is 5. The Morgan fingerprint density at radius 3 is 2.71 bits per heavy atom.